The Morgan fingerprint density at radius 1 is 1.25 bits per heavy atom. The number of rotatable bonds is 3. The third-order valence-corrected chi connectivity index (χ3v) is 2.63. The number of nitriles is 1. The van der Waals surface area contributed by atoms with Crippen molar-refractivity contribution in [1.29, 1.82) is 5.26 Å². The van der Waals surface area contributed by atoms with Gasteiger partial charge in [-0.25, -0.2) is 4.98 Å². The molecule has 0 aliphatic heterocycles. The topological polar surface area (TPSA) is 45.9 Å². The van der Waals surface area contributed by atoms with Crippen LogP contribution in [-0.4, -0.2) is 11.3 Å². The number of ether oxygens (including phenoxy) is 1. The molecule has 0 aliphatic carbocycles. The lowest BCUT2D eigenvalue weighted by atomic mass is 10.1. The molecular formula is C10H5BrF6N2O. The lowest BCUT2D eigenvalue weighted by molar-refractivity contribution is -0.275. The molecule has 1 aromatic heterocycles. The fourth-order valence-corrected chi connectivity index (χ4v) is 1.92. The summed E-state index contributed by atoms with van der Waals surface area (Å²) in [4.78, 5) is 3.17. The molecule has 0 aromatic carbocycles. The van der Waals surface area contributed by atoms with Gasteiger partial charge in [-0.15, -0.1) is 13.2 Å². The van der Waals surface area contributed by atoms with Crippen LogP contribution in [0.1, 0.15) is 17.0 Å². The van der Waals surface area contributed by atoms with E-state index in [4.69, 9.17) is 5.26 Å². The number of alkyl halides is 7. The van der Waals surface area contributed by atoms with E-state index < -0.39 is 36.1 Å². The highest BCUT2D eigenvalue weighted by Gasteiger charge is 2.37. The van der Waals surface area contributed by atoms with Gasteiger partial charge in [0.25, 0.3) is 0 Å². The maximum atomic E-state index is 12.6. The molecule has 0 bridgehead atoms. The van der Waals surface area contributed by atoms with Gasteiger partial charge in [-0.3, -0.25) is 0 Å². The molecule has 10 heteroatoms. The fraction of sp³-hybridized carbons (Fsp3) is 0.400. The van der Waals surface area contributed by atoms with E-state index >= 15 is 0 Å². The van der Waals surface area contributed by atoms with Crippen LogP contribution in [-0.2, 0) is 17.9 Å². The van der Waals surface area contributed by atoms with Crippen molar-refractivity contribution in [3.8, 4) is 11.8 Å². The van der Waals surface area contributed by atoms with E-state index in [-0.39, 0.29) is 17.0 Å². The quantitative estimate of drug-likeness (QED) is 0.603. The summed E-state index contributed by atoms with van der Waals surface area (Å²) in [6.45, 7) is 0. The largest absolute Gasteiger partial charge is 0.573 e. The highest BCUT2D eigenvalue weighted by Crippen LogP contribution is 2.36. The molecule has 0 fully saturated rings. The molecular weight excluding hydrogens is 358 g/mol. The lowest BCUT2D eigenvalue weighted by Gasteiger charge is -2.16. The van der Waals surface area contributed by atoms with E-state index in [1.165, 1.54) is 6.07 Å². The Hall–Kier alpha value is -1.50. The average Bonchev–Trinajstić information content (AvgIpc) is 2.25. The number of nitrogens with zero attached hydrogens (tertiary/aromatic N) is 2. The highest BCUT2D eigenvalue weighted by molar-refractivity contribution is 9.08. The summed E-state index contributed by atoms with van der Waals surface area (Å²) in [5.74, 6) is -1.03. The number of aromatic nitrogens is 1. The standard InChI is InChI=1S/C10H5BrF6N2O/c11-4-5-6(1-2-18)19-8(9(12,13)14)3-7(5)20-10(15,16)17/h3H,1,4H2. The van der Waals surface area contributed by atoms with Crippen LogP contribution in [0.4, 0.5) is 26.3 Å². The number of pyridine rings is 1. The van der Waals surface area contributed by atoms with E-state index in [9.17, 15) is 26.3 Å². The Bertz CT molecular complexity index is 534. The average molecular weight is 363 g/mol. The Morgan fingerprint density at radius 2 is 1.85 bits per heavy atom. The second-order valence-electron chi connectivity index (χ2n) is 3.44. The van der Waals surface area contributed by atoms with Crippen molar-refractivity contribution >= 4 is 15.9 Å². The third kappa shape index (κ3) is 4.26. The molecule has 1 rings (SSSR count). The first kappa shape index (κ1) is 16.6. The molecule has 0 unspecified atom stereocenters. The molecule has 20 heavy (non-hydrogen) atoms. The van der Waals surface area contributed by atoms with Crippen LogP contribution in [0.5, 0.6) is 5.75 Å². The Kier molecular flexibility index (Phi) is 4.86. The normalized spacial score (nSPS) is 12.1. The molecule has 0 amide bonds. The summed E-state index contributed by atoms with van der Waals surface area (Å²) < 4.78 is 77.9. The first-order chi connectivity index (χ1) is 9.08. The Morgan fingerprint density at radius 3 is 2.25 bits per heavy atom. The van der Waals surface area contributed by atoms with Gasteiger partial charge in [-0.05, 0) is 0 Å². The van der Waals surface area contributed by atoms with Crippen molar-refractivity contribution in [2.45, 2.75) is 24.3 Å². The van der Waals surface area contributed by atoms with Gasteiger partial charge in [-0.1, -0.05) is 15.9 Å². The van der Waals surface area contributed by atoms with Gasteiger partial charge in [0.2, 0.25) is 0 Å². The van der Waals surface area contributed by atoms with Gasteiger partial charge < -0.3 is 4.74 Å². The second-order valence-corrected chi connectivity index (χ2v) is 4.01. The van der Waals surface area contributed by atoms with Crippen molar-refractivity contribution < 1.29 is 31.1 Å². The SMILES string of the molecule is N#CCc1nc(C(F)(F)F)cc(OC(F)(F)F)c1CBr. The lowest BCUT2D eigenvalue weighted by Crippen LogP contribution is -2.20. The maximum absolute atomic E-state index is 12.6. The van der Waals surface area contributed by atoms with E-state index in [0.29, 0.717) is 0 Å². The molecule has 0 atom stereocenters. The zero-order valence-corrected chi connectivity index (χ0v) is 11.0. The minimum Gasteiger partial charge on any atom is -0.405 e. The van der Waals surface area contributed by atoms with Crippen molar-refractivity contribution in [2.24, 2.45) is 0 Å². The summed E-state index contributed by atoms with van der Waals surface area (Å²) in [5.41, 5.74) is -2.22. The van der Waals surface area contributed by atoms with E-state index in [1.807, 2.05) is 0 Å². The minimum absolute atomic E-state index is 0.158. The van der Waals surface area contributed by atoms with Crippen molar-refractivity contribution in [3.05, 3.63) is 23.0 Å². The zero-order valence-electron chi connectivity index (χ0n) is 9.44. The second kappa shape index (κ2) is 5.87. The summed E-state index contributed by atoms with van der Waals surface area (Å²) in [7, 11) is 0. The van der Waals surface area contributed by atoms with Gasteiger partial charge in [0.15, 0.2) is 0 Å². The van der Waals surface area contributed by atoms with Crippen LogP contribution in [0, 0.1) is 11.3 Å². The van der Waals surface area contributed by atoms with E-state index in [1.54, 1.807) is 0 Å². The van der Waals surface area contributed by atoms with Crippen LogP contribution in [0.2, 0.25) is 0 Å². The van der Waals surface area contributed by atoms with E-state index in [2.05, 4.69) is 25.7 Å². The molecule has 3 nitrogen and oxygen atoms in total. The molecule has 0 aliphatic rings. The molecule has 1 aromatic rings. The summed E-state index contributed by atoms with van der Waals surface area (Å²) in [6, 6.07) is 1.70. The minimum atomic E-state index is -5.15. The Balaban J connectivity index is 3.46. The fourth-order valence-electron chi connectivity index (χ4n) is 1.32. The van der Waals surface area contributed by atoms with Crippen molar-refractivity contribution in [3.63, 3.8) is 0 Å². The van der Waals surface area contributed by atoms with Crippen LogP contribution >= 0.6 is 15.9 Å². The molecule has 0 spiro atoms. The number of halogens is 7. The monoisotopic (exact) mass is 362 g/mol. The molecule has 0 saturated carbocycles. The highest BCUT2D eigenvalue weighted by atomic mass is 79.9. The summed E-state index contributed by atoms with van der Waals surface area (Å²) in [5, 5.41) is 8.27. The van der Waals surface area contributed by atoms with Gasteiger partial charge >= 0.3 is 12.5 Å². The molecule has 0 N–H and O–H groups in total. The predicted octanol–water partition coefficient (Wildman–Crippen LogP) is 3.96. The molecule has 0 radical (unpaired) electrons. The van der Waals surface area contributed by atoms with Gasteiger partial charge in [-0.2, -0.15) is 18.4 Å². The Labute approximate surface area is 117 Å². The smallest absolute Gasteiger partial charge is 0.405 e. The van der Waals surface area contributed by atoms with Gasteiger partial charge in [0.1, 0.15) is 11.4 Å². The first-order valence-corrected chi connectivity index (χ1v) is 5.99. The number of hydrogen-bond donors (Lipinski definition) is 0. The van der Waals surface area contributed by atoms with E-state index in [0.717, 1.165) is 0 Å². The van der Waals surface area contributed by atoms with Crippen LogP contribution in [0.25, 0.3) is 0 Å². The van der Waals surface area contributed by atoms with Gasteiger partial charge in [0, 0.05) is 17.0 Å². The van der Waals surface area contributed by atoms with Gasteiger partial charge in [0.05, 0.1) is 18.2 Å². The first-order valence-electron chi connectivity index (χ1n) is 4.87. The summed E-state index contributed by atoms with van der Waals surface area (Å²) >= 11 is 2.83. The van der Waals surface area contributed by atoms with Crippen LogP contribution in [0.3, 0.4) is 0 Å². The predicted molar refractivity (Wildman–Crippen MR) is 57.9 cm³/mol. The number of hydrogen-bond acceptors (Lipinski definition) is 3. The van der Waals surface area contributed by atoms with Crippen LogP contribution < -0.4 is 4.74 Å². The van der Waals surface area contributed by atoms with Crippen molar-refractivity contribution in [1.82, 2.24) is 4.98 Å². The molecule has 0 saturated heterocycles. The third-order valence-electron chi connectivity index (χ3n) is 2.07. The summed E-state index contributed by atoms with van der Waals surface area (Å²) in [6.07, 6.45) is -10.7. The van der Waals surface area contributed by atoms with Crippen molar-refractivity contribution in [2.75, 3.05) is 0 Å². The molecule has 1 heterocycles. The van der Waals surface area contributed by atoms with Crippen LogP contribution in [0.15, 0.2) is 6.07 Å². The molecule has 110 valence electrons. The maximum Gasteiger partial charge on any atom is 0.573 e. The zero-order chi connectivity index (χ0) is 15.6.